The Bertz CT molecular complexity index is 859. The van der Waals surface area contributed by atoms with Gasteiger partial charge >= 0.3 is 5.97 Å². The van der Waals surface area contributed by atoms with E-state index in [4.69, 9.17) is 27.9 Å². The second-order valence-electron chi connectivity index (χ2n) is 5.31. The zero-order chi connectivity index (χ0) is 18.5. The van der Waals surface area contributed by atoms with Crippen molar-refractivity contribution < 1.29 is 9.53 Å². The topological polar surface area (TPSA) is 26.3 Å². The summed E-state index contributed by atoms with van der Waals surface area (Å²) in [6.07, 6.45) is 1.14. The Labute approximate surface area is 165 Å². The van der Waals surface area contributed by atoms with E-state index in [2.05, 4.69) is 6.58 Å². The summed E-state index contributed by atoms with van der Waals surface area (Å²) in [6.45, 7) is 3.40. The van der Waals surface area contributed by atoms with Crippen molar-refractivity contribution in [3.63, 3.8) is 0 Å². The highest BCUT2D eigenvalue weighted by Crippen LogP contribution is 2.33. The number of halogens is 2. The summed E-state index contributed by atoms with van der Waals surface area (Å²) in [5, 5.41) is 1.39. The van der Waals surface area contributed by atoms with Gasteiger partial charge in [-0.25, -0.2) is 4.79 Å². The van der Waals surface area contributed by atoms with Gasteiger partial charge in [0.05, 0.1) is 10.9 Å². The molecular formula is C21H15Cl2O2S+. The molecule has 0 unspecified atom stereocenters. The Morgan fingerprint density at radius 2 is 1.15 bits per heavy atom. The predicted molar refractivity (Wildman–Crippen MR) is 107 cm³/mol. The zero-order valence-corrected chi connectivity index (χ0v) is 16.0. The van der Waals surface area contributed by atoms with E-state index in [0.29, 0.717) is 15.8 Å². The molecule has 0 fully saturated rings. The van der Waals surface area contributed by atoms with Gasteiger partial charge in [0, 0.05) is 16.1 Å². The molecule has 2 nitrogen and oxygen atoms in total. The Balaban J connectivity index is 2.00. The highest BCUT2D eigenvalue weighted by Gasteiger charge is 2.28. The van der Waals surface area contributed by atoms with Crippen LogP contribution in [0.15, 0.2) is 100 Å². The molecule has 0 aliphatic carbocycles. The van der Waals surface area contributed by atoms with Gasteiger partial charge in [0.15, 0.2) is 14.7 Å². The average Bonchev–Trinajstić information content (AvgIpc) is 2.66. The molecule has 0 aliphatic rings. The molecule has 0 N–H and O–H groups in total. The third kappa shape index (κ3) is 4.50. The van der Waals surface area contributed by atoms with Crippen LogP contribution < -0.4 is 4.74 Å². The minimum Gasteiger partial charge on any atom is -0.423 e. The predicted octanol–water partition coefficient (Wildman–Crippen LogP) is 6.18. The number of ether oxygens (including phenoxy) is 1. The summed E-state index contributed by atoms with van der Waals surface area (Å²) in [5.74, 6) is 0.00145. The zero-order valence-electron chi connectivity index (χ0n) is 13.7. The minimum atomic E-state index is -0.479. The third-order valence-corrected chi connectivity index (χ3v) is 6.28. The van der Waals surface area contributed by atoms with Crippen molar-refractivity contribution in [2.75, 3.05) is 0 Å². The van der Waals surface area contributed by atoms with Crippen molar-refractivity contribution in [1.82, 2.24) is 0 Å². The average molecular weight is 402 g/mol. The number of carbonyl (C=O) groups excluding carboxylic acids is 1. The molecule has 0 radical (unpaired) electrons. The van der Waals surface area contributed by atoms with Gasteiger partial charge in [-0.2, -0.15) is 0 Å². The molecule has 5 heteroatoms. The lowest BCUT2D eigenvalue weighted by atomic mass is 10.3. The van der Waals surface area contributed by atoms with E-state index in [-0.39, 0.29) is 10.9 Å². The number of rotatable bonds is 5. The molecule has 0 amide bonds. The molecule has 0 bridgehead atoms. The summed E-state index contributed by atoms with van der Waals surface area (Å²) in [7, 11) is -0.332. The first-order valence-electron chi connectivity index (χ1n) is 7.76. The van der Waals surface area contributed by atoms with Gasteiger partial charge in [-0.3, -0.25) is 0 Å². The lowest BCUT2D eigenvalue weighted by Crippen LogP contribution is -2.06. The molecule has 26 heavy (non-hydrogen) atoms. The maximum Gasteiger partial charge on any atom is 0.335 e. The van der Waals surface area contributed by atoms with Crippen molar-refractivity contribution in [2.24, 2.45) is 0 Å². The monoisotopic (exact) mass is 401 g/mol. The highest BCUT2D eigenvalue weighted by atomic mass is 35.5. The molecule has 130 valence electrons. The van der Waals surface area contributed by atoms with Crippen LogP contribution in [0.2, 0.25) is 10.0 Å². The van der Waals surface area contributed by atoms with E-state index in [0.717, 1.165) is 20.8 Å². The van der Waals surface area contributed by atoms with E-state index in [1.807, 2.05) is 60.7 Å². The molecule has 3 aromatic rings. The van der Waals surface area contributed by atoms with Crippen LogP contribution in [-0.4, -0.2) is 5.97 Å². The summed E-state index contributed by atoms with van der Waals surface area (Å²) >= 11 is 12.1. The Morgan fingerprint density at radius 3 is 1.54 bits per heavy atom. The van der Waals surface area contributed by atoms with Crippen molar-refractivity contribution in [3.05, 3.63) is 95.5 Å². The normalized spacial score (nSPS) is 10.6. The molecule has 0 aliphatic heterocycles. The Morgan fingerprint density at radius 1 is 0.769 bits per heavy atom. The SMILES string of the molecule is C=CC(=O)Oc1ccc([S+](c2ccc(Cl)cc2)c2ccc(Cl)cc2)cc1. The first-order valence-corrected chi connectivity index (χ1v) is 9.74. The molecular weight excluding hydrogens is 387 g/mol. The van der Waals surface area contributed by atoms with Gasteiger partial charge in [0.1, 0.15) is 5.75 Å². The van der Waals surface area contributed by atoms with Gasteiger partial charge < -0.3 is 4.74 Å². The fourth-order valence-electron chi connectivity index (χ4n) is 2.35. The van der Waals surface area contributed by atoms with E-state index in [1.54, 1.807) is 12.1 Å². The molecule has 0 saturated heterocycles. The standard InChI is InChI=1S/C21H15Cl2O2S/c1-2-21(24)25-17-7-13-20(14-8-17)26(18-9-3-15(22)4-10-18)19-11-5-16(23)6-12-19/h2-14H,1H2/q+1. The minimum absolute atomic E-state index is 0.332. The van der Waals surface area contributed by atoms with Crippen molar-refractivity contribution in [1.29, 1.82) is 0 Å². The van der Waals surface area contributed by atoms with E-state index >= 15 is 0 Å². The van der Waals surface area contributed by atoms with Crippen LogP contribution in [0.3, 0.4) is 0 Å². The quantitative estimate of drug-likeness (QED) is 0.220. The lowest BCUT2D eigenvalue weighted by molar-refractivity contribution is -0.128. The first-order chi connectivity index (χ1) is 12.6. The van der Waals surface area contributed by atoms with Crippen LogP contribution in [-0.2, 0) is 15.7 Å². The maximum atomic E-state index is 11.3. The van der Waals surface area contributed by atoms with Crippen LogP contribution >= 0.6 is 23.2 Å². The molecule has 0 saturated carbocycles. The van der Waals surface area contributed by atoms with Gasteiger partial charge in [0.25, 0.3) is 0 Å². The van der Waals surface area contributed by atoms with Gasteiger partial charge in [-0.05, 0) is 72.8 Å². The van der Waals surface area contributed by atoms with Crippen LogP contribution in [0.4, 0.5) is 0 Å². The largest absolute Gasteiger partial charge is 0.423 e. The number of hydrogen-bond donors (Lipinski definition) is 0. The fourth-order valence-corrected chi connectivity index (χ4v) is 4.64. The number of benzene rings is 3. The van der Waals surface area contributed by atoms with E-state index in [9.17, 15) is 4.79 Å². The van der Waals surface area contributed by atoms with Gasteiger partial charge in [0.2, 0.25) is 0 Å². The molecule has 0 heterocycles. The summed E-state index contributed by atoms with van der Waals surface area (Å²) < 4.78 is 5.15. The lowest BCUT2D eigenvalue weighted by Gasteiger charge is -2.09. The van der Waals surface area contributed by atoms with Crippen molar-refractivity contribution in [2.45, 2.75) is 14.7 Å². The molecule has 3 aromatic carbocycles. The second-order valence-corrected chi connectivity index (χ2v) is 8.21. The van der Waals surface area contributed by atoms with Crippen LogP contribution in [0.1, 0.15) is 0 Å². The molecule has 0 atom stereocenters. The van der Waals surface area contributed by atoms with E-state index < -0.39 is 5.97 Å². The van der Waals surface area contributed by atoms with Crippen molar-refractivity contribution in [3.8, 4) is 5.75 Å². The fraction of sp³-hybridized carbons (Fsp3) is 0. The molecule has 0 aromatic heterocycles. The summed E-state index contributed by atoms with van der Waals surface area (Å²) in [5.41, 5.74) is 0. The van der Waals surface area contributed by atoms with Crippen LogP contribution in [0.5, 0.6) is 5.75 Å². The summed E-state index contributed by atoms with van der Waals surface area (Å²) in [6, 6.07) is 23.1. The smallest absolute Gasteiger partial charge is 0.335 e. The second kappa shape index (κ2) is 8.45. The molecule has 0 spiro atoms. The summed E-state index contributed by atoms with van der Waals surface area (Å²) in [4.78, 5) is 14.7. The van der Waals surface area contributed by atoms with Gasteiger partial charge in [-0.1, -0.05) is 29.8 Å². The molecule has 3 rings (SSSR count). The number of hydrogen-bond acceptors (Lipinski definition) is 2. The maximum absolute atomic E-state index is 11.3. The highest BCUT2D eigenvalue weighted by molar-refractivity contribution is 7.97. The first kappa shape index (κ1) is 18.6. The van der Waals surface area contributed by atoms with Crippen molar-refractivity contribution >= 4 is 40.1 Å². The number of esters is 1. The Kier molecular flexibility index (Phi) is 6.04. The number of carbonyl (C=O) groups is 1. The van der Waals surface area contributed by atoms with Crippen LogP contribution in [0.25, 0.3) is 0 Å². The third-order valence-electron chi connectivity index (χ3n) is 3.54. The van der Waals surface area contributed by atoms with Gasteiger partial charge in [-0.15, -0.1) is 0 Å². The van der Waals surface area contributed by atoms with Crippen LogP contribution in [0, 0.1) is 0 Å². The Hall–Kier alpha value is -2.20. The van der Waals surface area contributed by atoms with E-state index in [1.165, 1.54) is 0 Å².